The zero-order valence-electron chi connectivity index (χ0n) is 18.8. The first kappa shape index (κ1) is 22.6. The molecule has 166 valence electrons. The maximum atomic E-state index is 12.5. The standard InChI is InChI=1S/C23H37N5O2/c1-4-24-23(25-17-20(3)21-7-5-6-19(2)16-21)28-10-8-26(9-11-28)18-22(29)27-12-14-30-15-13-27/h5-7,16,20H,4,8-15,17-18H2,1-3H3,(H,24,25). The molecule has 1 aromatic rings. The molecule has 2 aliphatic heterocycles. The monoisotopic (exact) mass is 415 g/mol. The van der Waals surface area contributed by atoms with E-state index in [2.05, 4.69) is 60.2 Å². The van der Waals surface area contributed by atoms with Gasteiger partial charge >= 0.3 is 0 Å². The average molecular weight is 416 g/mol. The van der Waals surface area contributed by atoms with Crippen molar-refractivity contribution in [1.82, 2.24) is 20.0 Å². The number of nitrogens with one attached hydrogen (secondary N) is 1. The number of rotatable bonds is 6. The van der Waals surface area contributed by atoms with Crippen LogP contribution in [0.2, 0.25) is 0 Å². The van der Waals surface area contributed by atoms with Gasteiger partial charge in [0, 0.05) is 58.3 Å². The third-order valence-electron chi connectivity index (χ3n) is 5.86. The normalized spacial score (nSPS) is 19.6. The Hall–Kier alpha value is -2.12. The van der Waals surface area contributed by atoms with Crippen molar-refractivity contribution in [3.8, 4) is 0 Å². The molecule has 2 fully saturated rings. The van der Waals surface area contributed by atoms with Gasteiger partial charge in [-0.05, 0) is 19.4 Å². The molecule has 2 saturated heterocycles. The van der Waals surface area contributed by atoms with Gasteiger partial charge in [-0.3, -0.25) is 14.7 Å². The molecule has 2 heterocycles. The molecular weight excluding hydrogens is 378 g/mol. The lowest BCUT2D eigenvalue weighted by atomic mass is 10.00. The second-order valence-corrected chi connectivity index (χ2v) is 8.27. The lowest BCUT2D eigenvalue weighted by Gasteiger charge is -2.37. The van der Waals surface area contributed by atoms with Gasteiger partial charge in [0.1, 0.15) is 0 Å². The van der Waals surface area contributed by atoms with Crippen LogP contribution in [0.15, 0.2) is 29.3 Å². The molecule has 30 heavy (non-hydrogen) atoms. The first-order chi connectivity index (χ1) is 14.6. The van der Waals surface area contributed by atoms with Crippen molar-refractivity contribution in [2.45, 2.75) is 26.7 Å². The van der Waals surface area contributed by atoms with Crippen LogP contribution in [-0.2, 0) is 9.53 Å². The summed E-state index contributed by atoms with van der Waals surface area (Å²) in [6.07, 6.45) is 0. The predicted octanol–water partition coefficient (Wildman–Crippen LogP) is 1.54. The molecule has 1 N–H and O–H groups in total. The number of guanidine groups is 1. The maximum Gasteiger partial charge on any atom is 0.236 e. The van der Waals surface area contributed by atoms with E-state index in [1.807, 2.05) is 4.90 Å². The summed E-state index contributed by atoms with van der Waals surface area (Å²) < 4.78 is 5.34. The number of aryl methyl sites for hydroxylation is 1. The van der Waals surface area contributed by atoms with Crippen LogP contribution in [-0.4, -0.2) is 98.7 Å². The number of carbonyl (C=O) groups is 1. The largest absolute Gasteiger partial charge is 0.378 e. The van der Waals surface area contributed by atoms with E-state index in [4.69, 9.17) is 9.73 Å². The Morgan fingerprint density at radius 1 is 1.13 bits per heavy atom. The smallest absolute Gasteiger partial charge is 0.236 e. The molecule has 1 atom stereocenters. The van der Waals surface area contributed by atoms with Crippen molar-refractivity contribution < 1.29 is 9.53 Å². The summed E-state index contributed by atoms with van der Waals surface area (Å²) in [6.45, 7) is 14.9. The summed E-state index contributed by atoms with van der Waals surface area (Å²) in [5, 5.41) is 3.45. The van der Waals surface area contributed by atoms with E-state index in [1.165, 1.54) is 11.1 Å². The van der Waals surface area contributed by atoms with E-state index in [-0.39, 0.29) is 5.91 Å². The van der Waals surface area contributed by atoms with Crippen molar-refractivity contribution >= 4 is 11.9 Å². The molecule has 1 amide bonds. The Morgan fingerprint density at radius 2 is 1.87 bits per heavy atom. The minimum Gasteiger partial charge on any atom is -0.378 e. The minimum absolute atomic E-state index is 0.222. The van der Waals surface area contributed by atoms with Crippen LogP contribution in [0.25, 0.3) is 0 Å². The number of piperazine rings is 1. The number of aliphatic imine (C=N–C) groups is 1. The maximum absolute atomic E-state index is 12.5. The van der Waals surface area contributed by atoms with Crippen LogP contribution < -0.4 is 5.32 Å². The lowest BCUT2D eigenvalue weighted by molar-refractivity contribution is -0.136. The Kier molecular flexibility index (Phi) is 8.51. The molecule has 3 rings (SSSR count). The number of carbonyl (C=O) groups excluding carboxylic acids is 1. The highest BCUT2D eigenvalue weighted by molar-refractivity contribution is 5.80. The second-order valence-electron chi connectivity index (χ2n) is 8.27. The highest BCUT2D eigenvalue weighted by Gasteiger charge is 2.24. The van der Waals surface area contributed by atoms with Crippen LogP contribution in [0.5, 0.6) is 0 Å². The second kappa shape index (κ2) is 11.3. The molecule has 7 heteroatoms. The van der Waals surface area contributed by atoms with E-state index < -0.39 is 0 Å². The highest BCUT2D eigenvalue weighted by Crippen LogP contribution is 2.17. The van der Waals surface area contributed by atoms with E-state index in [0.29, 0.717) is 25.7 Å². The summed E-state index contributed by atoms with van der Waals surface area (Å²) in [5.41, 5.74) is 2.62. The van der Waals surface area contributed by atoms with Gasteiger partial charge in [0.2, 0.25) is 5.91 Å². The third kappa shape index (κ3) is 6.44. The Balaban J connectivity index is 1.50. The summed E-state index contributed by atoms with van der Waals surface area (Å²) in [5.74, 6) is 1.58. The SMILES string of the molecule is CCNC(=NCC(C)c1cccc(C)c1)N1CCN(CC(=O)N2CCOCC2)CC1. The third-order valence-corrected chi connectivity index (χ3v) is 5.86. The Labute approximate surface area is 181 Å². The molecule has 0 spiro atoms. The quantitative estimate of drug-likeness (QED) is 0.564. The van der Waals surface area contributed by atoms with Gasteiger partial charge in [0.15, 0.2) is 5.96 Å². The first-order valence-corrected chi connectivity index (χ1v) is 11.2. The van der Waals surface area contributed by atoms with Crippen molar-refractivity contribution in [1.29, 1.82) is 0 Å². The van der Waals surface area contributed by atoms with Gasteiger partial charge < -0.3 is 19.9 Å². The molecule has 0 radical (unpaired) electrons. The van der Waals surface area contributed by atoms with Crippen molar-refractivity contribution in [3.05, 3.63) is 35.4 Å². The number of nitrogens with zero attached hydrogens (tertiary/aromatic N) is 4. The van der Waals surface area contributed by atoms with E-state index >= 15 is 0 Å². The predicted molar refractivity (Wildman–Crippen MR) is 121 cm³/mol. The number of ether oxygens (including phenoxy) is 1. The average Bonchev–Trinajstić information content (AvgIpc) is 2.77. The zero-order valence-corrected chi connectivity index (χ0v) is 18.8. The van der Waals surface area contributed by atoms with E-state index in [0.717, 1.165) is 58.3 Å². The molecule has 0 bridgehead atoms. The van der Waals surface area contributed by atoms with Crippen LogP contribution in [0, 0.1) is 6.92 Å². The molecule has 2 aliphatic rings. The van der Waals surface area contributed by atoms with Crippen LogP contribution in [0.3, 0.4) is 0 Å². The fourth-order valence-corrected chi connectivity index (χ4v) is 3.95. The number of benzene rings is 1. The number of amides is 1. The van der Waals surface area contributed by atoms with Crippen LogP contribution >= 0.6 is 0 Å². The van der Waals surface area contributed by atoms with Gasteiger partial charge in [0.25, 0.3) is 0 Å². The fourth-order valence-electron chi connectivity index (χ4n) is 3.95. The molecule has 1 unspecified atom stereocenters. The van der Waals surface area contributed by atoms with Crippen molar-refractivity contribution in [2.75, 3.05) is 72.1 Å². The molecule has 1 aromatic carbocycles. The molecular formula is C23H37N5O2. The molecule has 0 saturated carbocycles. The summed E-state index contributed by atoms with van der Waals surface area (Å²) >= 11 is 0. The topological polar surface area (TPSA) is 60.4 Å². The Morgan fingerprint density at radius 3 is 2.53 bits per heavy atom. The summed E-state index contributed by atoms with van der Waals surface area (Å²) in [7, 11) is 0. The van der Waals surface area contributed by atoms with Gasteiger partial charge in [0.05, 0.1) is 19.8 Å². The van der Waals surface area contributed by atoms with Crippen molar-refractivity contribution in [3.63, 3.8) is 0 Å². The van der Waals surface area contributed by atoms with Gasteiger partial charge in [-0.1, -0.05) is 36.8 Å². The molecule has 0 aromatic heterocycles. The van der Waals surface area contributed by atoms with E-state index in [1.54, 1.807) is 0 Å². The molecule has 7 nitrogen and oxygen atoms in total. The first-order valence-electron chi connectivity index (χ1n) is 11.2. The number of hydrogen-bond acceptors (Lipinski definition) is 4. The van der Waals surface area contributed by atoms with Crippen molar-refractivity contribution in [2.24, 2.45) is 4.99 Å². The Bertz CT molecular complexity index is 709. The van der Waals surface area contributed by atoms with Crippen LogP contribution in [0.4, 0.5) is 0 Å². The highest BCUT2D eigenvalue weighted by atomic mass is 16.5. The van der Waals surface area contributed by atoms with Gasteiger partial charge in [-0.25, -0.2) is 0 Å². The van der Waals surface area contributed by atoms with Gasteiger partial charge in [-0.15, -0.1) is 0 Å². The number of morpholine rings is 1. The van der Waals surface area contributed by atoms with Crippen LogP contribution in [0.1, 0.15) is 30.9 Å². The lowest BCUT2D eigenvalue weighted by Crippen LogP contribution is -2.55. The fraction of sp³-hybridized carbons (Fsp3) is 0.652. The molecule has 0 aliphatic carbocycles. The van der Waals surface area contributed by atoms with Gasteiger partial charge in [-0.2, -0.15) is 0 Å². The minimum atomic E-state index is 0.222. The zero-order chi connectivity index (χ0) is 21.3. The number of hydrogen-bond donors (Lipinski definition) is 1. The summed E-state index contributed by atoms with van der Waals surface area (Å²) in [4.78, 5) is 23.9. The summed E-state index contributed by atoms with van der Waals surface area (Å²) in [6, 6.07) is 8.68. The van der Waals surface area contributed by atoms with E-state index in [9.17, 15) is 4.79 Å².